The van der Waals surface area contributed by atoms with Gasteiger partial charge in [0.2, 0.25) is 5.88 Å². The van der Waals surface area contributed by atoms with Crippen molar-refractivity contribution in [3.05, 3.63) is 65.0 Å². The first-order valence-electron chi connectivity index (χ1n) is 6.60. The van der Waals surface area contributed by atoms with Gasteiger partial charge in [-0.15, -0.1) is 0 Å². The molecule has 0 atom stereocenters. The first-order chi connectivity index (χ1) is 10.6. The van der Waals surface area contributed by atoms with Gasteiger partial charge in [0.1, 0.15) is 0 Å². The molecule has 7 heteroatoms. The van der Waals surface area contributed by atoms with Gasteiger partial charge in [-0.05, 0) is 17.7 Å². The van der Waals surface area contributed by atoms with Crippen molar-refractivity contribution in [2.45, 2.75) is 10.9 Å². The monoisotopic (exact) mass is 314 g/mol. The van der Waals surface area contributed by atoms with E-state index in [1.807, 2.05) is 35.0 Å². The van der Waals surface area contributed by atoms with Gasteiger partial charge in [0.05, 0.1) is 12.4 Å². The Labute approximate surface area is 131 Å². The summed E-state index contributed by atoms with van der Waals surface area (Å²) in [5.74, 6) is 0.412. The maximum absolute atomic E-state index is 11.6. The van der Waals surface area contributed by atoms with Crippen molar-refractivity contribution in [3.8, 4) is 11.6 Å². The van der Waals surface area contributed by atoms with Crippen LogP contribution < -0.4 is 5.56 Å². The molecular weight excluding hydrogens is 300 g/mol. The predicted octanol–water partition coefficient (Wildman–Crippen LogP) is 1.96. The van der Waals surface area contributed by atoms with Crippen LogP contribution in [0.1, 0.15) is 5.56 Å². The van der Waals surface area contributed by atoms with Crippen LogP contribution in [0.15, 0.2) is 59.0 Å². The van der Waals surface area contributed by atoms with Crippen molar-refractivity contribution in [3.63, 3.8) is 0 Å². The number of aromatic nitrogens is 4. The lowest BCUT2D eigenvalue weighted by molar-refractivity contribution is 0.437. The SMILES string of the molecule is Cn1c(SCc2ccc(-n3ccnc3)cc2)nc(O)cc1=O. The molecule has 2 aromatic heterocycles. The van der Waals surface area contributed by atoms with Crippen LogP contribution in [-0.2, 0) is 12.8 Å². The second-order valence-electron chi connectivity index (χ2n) is 4.72. The standard InChI is InChI=1S/C15H14N4O2S/c1-18-14(21)8-13(20)17-15(18)22-9-11-2-4-12(5-3-11)19-7-6-16-10-19/h2-8,10,20H,9H2,1H3. The lowest BCUT2D eigenvalue weighted by Crippen LogP contribution is -2.18. The van der Waals surface area contributed by atoms with E-state index in [1.165, 1.54) is 16.3 Å². The van der Waals surface area contributed by atoms with Gasteiger partial charge in [-0.25, -0.2) is 4.98 Å². The summed E-state index contributed by atoms with van der Waals surface area (Å²) in [6.45, 7) is 0. The molecule has 2 heterocycles. The van der Waals surface area contributed by atoms with Crippen molar-refractivity contribution < 1.29 is 5.11 Å². The van der Waals surface area contributed by atoms with Crippen LogP contribution in [0, 0.1) is 0 Å². The van der Waals surface area contributed by atoms with E-state index in [0.717, 1.165) is 17.3 Å². The van der Waals surface area contributed by atoms with Crippen LogP contribution in [0.4, 0.5) is 0 Å². The smallest absolute Gasteiger partial charge is 0.257 e. The van der Waals surface area contributed by atoms with Crippen LogP contribution in [-0.4, -0.2) is 24.2 Å². The minimum absolute atomic E-state index is 0.249. The lowest BCUT2D eigenvalue weighted by atomic mass is 10.2. The quantitative estimate of drug-likeness (QED) is 0.589. The molecule has 0 amide bonds. The third-order valence-corrected chi connectivity index (χ3v) is 4.29. The number of aromatic hydroxyl groups is 1. The van der Waals surface area contributed by atoms with Crippen molar-refractivity contribution in [1.29, 1.82) is 0 Å². The van der Waals surface area contributed by atoms with Gasteiger partial charge >= 0.3 is 0 Å². The molecule has 22 heavy (non-hydrogen) atoms. The van der Waals surface area contributed by atoms with E-state index in [9.17, 15) is 9.90 Å². The number of rotatable bonds is 4. The Balaban J connectivity index is 1.73. The number of hydrogen-bond acceptors (Lipinski definition) is 5. The van der Waals surface area contributed by atoms with Crippen LogP contribution in [0.2, 0.25) is 0 Å². The van der Waals surface area contributed by atoms with Gasteiger partial charge in [0.25, 0.3) is 5.56 Å². The fraction of sp³-hybridized carbons (Fsp3) is 0.133. The molecule has 0 spiro atoms. The van der Waals surface area contributed by atoms with Crippen LogP contribution in [0.5, 0.6) is 5.88 Å². The fourth-order valence-corrected chi connectivity index (χ4v) is 2.89. The summed E-state index contributed by atoms with van der Waals surface area (Å²) in [7, 11) is 1.64. The zero-order valence-electron chi connectivity index (χ0n) is 11.9. The third kappa shape index (κ3) is 3.04. The second-order valence-corrected chi connectivity index (χ2v) is 5.66. The normalized spacial score (nSPS) is 10.8. The highest BCUT2D eigenvalue weighted by molar-refractivity contribution is 7.98. The molecule has 0 unspecified atom stereocenters. The molecule has 1 aromatic carbocycles. The van der Waals surface area contributed by atoms with Gasteiger partial charge < -0.3 is 9.67 Å². The Morgan fingerprint density at radius 2 is 2.05 bits per heavy atom. The first kappa shape index (κ1) is 14.4. The number of hydrogen-bond donors (Lipinski definition) is 1. The van der Waals surface area contributed by atoms with E-state index in [-0.39, 0.29) is 11.4 Å². The van der Waals surface area contributed by atoms with Crippen LogP contribution >= 0.6 is 11.8 Å². The number of benzene rings is 1. The first-order valence-corrected chi connectivity index (χ1v) is 7.59. The van der Waals surface area contributed by atoms with E-state index in [1.54, 1.807) is 19.6 Å². The second kappa shape index (κ2) is 6.07. The number of nitrogens with zero attached hydrogens (tertiary/aromatic N) is 4. The Kier molecular flexibility index (Phi) is 3.97. The van der Waals surface area contributed by atoms with E-state index >= 15 is 0 Å². The zero-order valence-corrected chi connectivity index (χ0v) is 12.7. The molecule has 0 bridgehead atoms. The zero-order chi connectivity index (χ0) is 15.5. The largest absolute Gasteiger partial charge is 0.493 e. The molecule has 0 aliphatic rings. The molecule has 3 rings (SSSR count). The Morgan fingerprint density at radius 1 is 1.27 bits per heavy atom. The molecule has 0 aliphatic heterocycles. The molecule has 0 saturated carbocycles. The molecule has 112 valence electrons. The molecule has 0 radical (unpaired) electrons. The highest BCUT2D eigenvalue weighted by Gasteiger charge is 2.06. The Hall–Kier alpha value is -2.54. The lowest BCUT2D eigenvalue weighted by Gasteiger charge is -2.07. The van der Waals surface area contributed by atoms with Crippen LogP contribution in [0.25, 0.3) is 5.69 Å². The van der Waals surface area contributed by atoms with Gasteiger partial charge in [-0.1, -0.05) is 23.9 Å². The van der Waals surface area contributed by atoms with Gasteiger partial charge in [0, 0.05) is 30.9 Å². The van der Waals surface area contributed by atoms with Crippen molar-refractivity contribution in [2.24, 2.45) is 7.05 Å². The Morgan fingerprint density at radius 3 is 2.73 bits per heavy atom. The minimum Gasteiger partial charge on any atom is -0.493 e. The fourth-order valence-electron chi connectivity index (χ4n) is 1.96. The summed E-state index contributed by atoms with van der Waals surface area (Å²) < 4.78 is 3.35. The molecule has 6 nitrogen and oxygen atoms in total. The van der Waals surface area contributed by atoms with Crippen molar-refractivity contribution in [2.75, 3.05) is 0 Å². The molecule has 0 fully saturated rings. The summed E-state index contributed by atoms with van der Waals surface area (Å²) in [4.78, 5) is 19.6. The molecule has 1 N–H and O–H groups in total. The highest BCUT2D eigenvalue weighted by atomic mass is 32.2. The summed E-state index contributed by atoms with van der Waals surface area (Å²) in [6.07, 6.45) is 5.37. The topological polar surface area (TPSA) is 72.9 Å². The Bertz CT molecular complexity index is 826. The van der Waals surface area contributed by atoms with Crippen molar-refractivity contribution >= 4 is 11.8 Å². The van der Waals surface area contributed by atoms with E-state index in [0.29, 0.717) is 10.9 Å². The van der Waals surface area contributed by atoms with Gasteiger partial charge in [-0.2, -0.15) is 4.98 Å². The van der Waals surface area contributed by atoms with Crippen LogP contribution in [0.3, 0.4) is 0 Å². The van der Waals surface area contributed by atoms with E-state index in [2.05, 4.69) is 9.97 Å². The molecule has 0 saturated heterocycles. The molecular formula is C15H14N4O2S. The predicted molar refractivity (Wildman–Crippen MR) is 84.3 cm³/mol. The molecule has 0 aliphatic carbocycles. The highest BCUT2D eigenvalue weighted by Crippen LogP contribution is 2.21. The molecule has 3 aromatic rings. The van der Waals surface area contributed by atoms with Gasteiger partial charge in [0.15, 0.2) is 5.16 Å². The average Bonchev–Trinajstić information content (AvgIpc) is 3.04. The summed E-state index contributed by atoms with van der Waals surface area (Å²) >= 11 is 1.40. The maximum atomic E-state index is 11.6. The van der Waals surface area contributed by atoms with Gasteiger partial charge in [-0.3, -0.25) is 9.36 Å². The van der Waals surface area contributed by atoms with E-state index < -0.39 is 0 Å². The average molecular weight is 314 g/mol. The summed E-state index contributed by atoms with van der Waals surface area (Å²) in [6, 6.07) is 9.15. The number of imidazole rings is 1. The van der Waals surface area contributed by atoms with Crippen molar-refractivity contribution in [1.82, 2.24) is 19.1 Å². The van der Waals surface area contributed by atoms with E-state index in [4.69, 9.17) is 0 Å². The number of thioether (sulfide) groups is 1. The maximum Gasteiger partial charge on any atom is 0.257 e. The summed E-state index contributed by atoms with van der Waals surface area (Å²) in [5.41, 5.74) is 1.87. The summed E-state index contributed by atoms with van der Waals surface area (Å²) in [5, 5.41) is 9.90. The minimum atomic E-state index is -0.273. The third-order valence-electron chi connectivity index (χ3n) is 3.19.